The number of nitrogen functional groups attached to an aromatic ring is 1. The van der Waals surface area contributed by atoms with Crippen LogP contribution < -0.4 is 11.1 Å². The molecule has 0 aliphatic carbocycles. The molecule has 0 saturated carbocycles. The molecule has 0 spiro atoms. The highest BCUT2D eigenvalue weighted by Gasteiger charge is 2.14. The fraction of sp³-hybridized carbons (Fsp3) is 0.188. The van der Waals surface area contributed by atoms with Crippen LogP contribution in [0, 0.1) is 0 Å². The van der Waals surface area contributed by atoms with E-state index in [2.05, 4.69) is 21.2 Å². The molecule has 2 aromatic carbocycles. The first-order chi connectivity index (χ1) is 9.99. The van der Waals surface area contributed by atoms with Crippen LogP contribution in [0.15, 0.2) is 46.9 Å². The van der Waals surface area contributed by atoms with E-state index >= 15 is 0 Å². The van der Waals surface area contributed by atoms with Crippen LogP contribution in [0.2, 0.25) is 5.02 Å². The van der Waals surface area contributed by atoms with Gasteiger partial charge in [-0.1, -0.05) is 46.6 Å². The van der Waals surface area contributed by atoms with E-state index in [1.165, 1.54) is 0 Å². The molecule has 0 radical (unpaired) electrons. The van der Waals surface area contributed by atoms with Crippen molar-refractivity contribution in [3.63, 3.8) is 0 Å². The molecule has 0 heterocycles. The van der Waals surface area contributed by atoms with Crippen LogP contribution in [0.5, 0.6) is 0 Å². The summed E-state index contributed by atoms with van der Waals surface area (Å²) >= 11 is 9.23. The summed E-state index contributed by atoms with van der Waals surface area (Å²) in [5.41, 5.74) is 7.88. The molecule has 1 atom stereocenters. The van der Waals surface area contributed by atoms with Crippen molar-refractivity contribution in [3.05, 3.63) is 63.1 Å². The second-order valence-electron chi connectivity index (χ2n) is 4.76. The minimum Gasteiger partial charge on any atom is -0.399 e. The van der Waals surface area contributed by atoms with E-state index in [4.69, 9.17) is 17.3 Å². The second kappa shape index (κ2) is 6.96. The van der Waals surface area contributed by atoms with Gasteiger partial charge in [-0.25, -0.2) is 0 Å². The first-order valence-corrected chi connectivity index (χ1v) is 7.79. The smallest absolute Gasteiger partial charge is 0.251 e. The van der Waals surface area contributed by atoms with Gasteiger partial charge in [-0.15, -0.1) is 0 Å². The SMILES string of the molecule is CCC(NC(=O)c1cc(N)cc(Br)c1)c1ccc(Cl)cc1. The monoisotopic (exact) mass is 366 g/mol. The minimum absolute atomic E-state index is 0.0602. The molecule has 0 bridgehead atoms. The Labute approximate surface area is 137 Å². The van der Waals surface area contributed by atoms with Gasteiger partial charge in [-0.05, 0) is 42.3 Å². The van der Waals surface area contributed by atoms with Gasteiger partial charge in [-0.2, -0.15) is 0 Å². The van der Waals surface area contributed by atoms with Gasteiger partial charge >= 0.3 is 0 Å². The average Bonchev–Trinajstić information content (AvgIpc) is 2.44. The number of benzene rings is 2. The summed E-state index contributed by atoms with van der Waals surface area (Å²) in [7, 11) is 0. The number of halogens is 2. The Bertz CT molecular complexity index is 623. The Morgan fingerprint density at radius 1 is 1.29 bits per heavy atom. The third-order valence-electron chi connectivity index (χ3n) is 3.17. The molecule has 5 heteroatoms. The molecular formula is C16H16BrClN2O. The van der Waals surface area contributed by atoms with Crippen LogP contribution in [0.3, 0.4) is 0 Å². The van der Waals surface area contributed by atoms with Gasteiger partial charge in [0.1, 0.15) is 0 Å². The van der Waals surface area contributed by atoms with Crippen LogP contribution >= 0.6 is 27.5 Å². The van der Waals surface area contributed by atoms with Crippen molar-refractivity contribution in [3.8, 4) is 0 Å². The van der Waals surface area contributed by atoms with Crippen molar-refractivity contribution in [2.24, 2.45) is 0 Å². The highest BCUT2D eigenvalue weighted by Crippen LogP contribution is 2.21. The van der Waals surface area contributed by atoms with Gasteiger partial charge in [0.2, 0.25) is 0 Å². The van der Waals surface area contributed by atoms with Crippen molar-refractivity contribution in [2.75, 3.05) is 5.73 Å². The lowest BCUT2D eigenvalue weighted by Gasteiger charge is -2.18. The first-order valence-electron chi connectivity index (χ1n) is 6.62. The summed E-state index contributed by atoms with van der Waals surface area (Å²) < 4.78 is 0.784. The molecule has 1 unspecified atom stereocenters. The Hall–Kier alpha value is -1.52. The number of hydrogen-bond donors (Lipinski definition) is 2. The number of rotatable bonds is 4. The summed E-state index contributed by atoms with van der Waals surface area (Å²) in [5.74, 6) is -0.148. The third kappa shape index (κ3) is 4.22. The average molecular weight is 368 g/mol. The third-order valence-corrected chi connectivity index (χ3v) is 3.88. The van der Waals surface area contributed by atoms with Crippen LogP contribution in [-0.4, -0.2) is 5.91 Å². The number of amides is 1. The summed E-state index contributed by atoms with van der Waals surface area (Å²) in [6.45, 7) is 2.02. The molecule has 0 saturated heterocycles. The second-order valence-corrected chi connectivity index (χ2v) is 6.11. The van der Waals surface area contributed by atoms with Crippen molar-refractivity contribution in [2.45, 2.75) is 19.4 Å². The summed E-state index contributed by atoms with van der Waals surface area (Å²) in [6, 6.07) is 12.6. The van der Waals surface area contributed by atoms with Crippen molar-refractivity contribution < 1.29 is 4.79 Å². The van der Waals surface area contributed by atoms with Crippen LogP contribution in [-0.2, 0) is 0 Å². The number of hydrogen-bond acceptors (Lipinski definition) is 2. The lowest BCUT2D eigenvalue weighted by molar-refractivity contribution is 0.0935. The molecular weight excluding hydrogens is 352 g/mol. The van der Waals surface area contributed by atoms with Crippen LogP contribution in [0.4, 0.5) is 5.69 Å². The van der Waals surface area contributed by atoms with Crippen LogP contribution in [0.25, 0.3) is 0 Å². The largest absolute Gasteiger partial charge is 0.399 e. The highest BCUT2D eigenvalue weighted by atomic mass is 79.9. The molecule has 110 valence electrons. The Morgan fingerprint density at radius 3 is 2.52 bits per heavy atom. The lowest BCUT2D eigenvalue weighted by Crippen LogP contribution is -2.28. The van der Waals surface area contributed by atoms with Crippen LogP contribution in [0.1, 0.15) is 35.3 Å². The summed E-state index contributed by atoms with van der Waals surface area (Å²) in [5, 5.41) is 3.70. The zero-order valence-electron chi connectivity index (χ0n) is 11.6. The molecule has 21 heavy (non-hydrogen) atoms. The fourth-order valence-electron chi connectivity index (χ4n) is 2.10. The van der Waals surface area contributed by atoms with E-state index in [0.29, 0.717) is 16.3 Å². The van der Waals surface area contributed by atoms with E-state index in [1.807, 2.05) is 31.2 Å². The maximum absolute atomic E-state index is 12.3. The van der Waals surface area contributed by atoms with E-state index in [-0.39, 0.29) is 11.9 Å². The number of nitrogens with two attached hydrogens (primary N) is 1. The van der Waals surface area contributed by atoms with E-state index < -0.39 is 0 Å². The van der Waals surface area contributed by atoms with Gasteiger partial charge in [0.25, 0.3) is 5.91 Å². The molecule has 0 aromatic heterocycles. The van der Waals surface area contributed by atoms with Gasteiger partial charge in [0.05, 0.1) is 6.04 Å². The molecule has 2 aromatic rings. The zero-order chi connectivity index (χ0) is 15.4. The molecule has 2 rings (SSSR count). The molecule has 0 aliphatic rings. The summed E-state index contributed by atoms with van der Waals surface area (Å²) in [6.07, 6.45) is 0.789. The maximum Gasteiger partial charge on any atom is 0.251 e. The first kappa shape index (κ1) is 15.9. The minimum atomic E-state index is -0.148. The predicted octanol–water partition coefficient (Wildman–Crippen LogP) is 4.57. The van der Waals surface area contributed by atoms with E-state index in [0.717, 1.165) is 16.5 Å². The normalized spacial score (nSPS) is 12.0. The standard InChI is InChI=1S/C16H16BrClN2O/c1-2-15(10-3-5-13(18)6-4-10)20-16(21)11-7-12(17)9-14(19)8-11/h3-9,15H,2,19H2,1H3,(H,20,21). The van der Waals surface area contributed by atoms with Gasteiger partial charge < -0.3 is 11.1 Å². The molecule has 1 amide bonds. The van der Waals surface area contributed by atoms with Gasteiger partial charge in [-0.3, -0.25) is 4.79 Å². The number of nitrogens with one attached hydrogen (secondary N) is 1. The molecule has 3 N–H and O–H groups in total. The van der Waals surface area contributed by atoms with Crippen molar-refractivity contribution in [1.29, 1.82) is 0 Å². The number of anilines is 1. The molecule has 3 nitrogen and oxygen atoms in total. The topological polar surface area (TPSA) is 55.1 Å². The Kier molecular flexibility index (Phi) is 5.26. The predicted molar refractivity (Wildman–Crippen MR) is 90.5 cm³/mol. The van der Waals surface area contributed by atoms with E-state index in [9.17, 15) is 4.79 Å². The molecule has 0 fully saturated rings. The Morgan fingerprint density at radius 2 is 1.95 bits per heavy atom. The van der Waals surface area contributed by atoms with E-state index in [1.54, 1.807) is 18.2 Å². The lowest BCUT2D eigenvalue weighted by atomic mass is 10.0. The van der Waals surface area contributed by atoms with Crippen molar-refractivity contribution >= 4 is 39.1 Å². The summed E-state index contributed by atoms with van der Waals surface area (Å²) in [4.78, 5) is 12.3. The zero-order valence-corrected chi connectivity index (χ0v) is 13.9. The van der Waals surface area contributed by atoms with Crippen molar-refractivity contribution in [1.82, 2.24) is 5.32 Å². The molecule has 0 aliphatic heterocycles. The number of carbonyl (C=O) groups is 1. The maximum atomic E-state index is 12.3. The van der Waals surface area contributed by atoms with Gasteiger partial charge in [0, 0.05) is 20.7 Å². The highest BCUT2D eigenvalue weighted by molar-refractivity contribution is 9.10. The van der Waals surface area contributed by atoms with Gasteiger partial charge in [0.15, 0.2) is 0 Å². The Balaban J connectivity index is 2.18. The number of carbonyl (C=O) groups excluding carboxylic acids is 1. The quantitative estimate of drug-likeness (QED) is 0.778. The fourth-order valence-corrected chi connectivity index (χ4v) is 2.74.